The molecule has 0 unspecified atom stereocenters. The second kappa shape index (κ2) is 5.71. The lowest BCUT2D eigenvalue weighted by Crippen LogP contribution is -2.01. The fourth-order valence-corrected chi connectivity index (χ4v) is 1.90. The molecule has 4 N–H and O–H groups in total. The van der Waals surface area contributed by atoms with Crippen LogP contribution < -0.4 is 15.8 Å². The van der Waals surface area contributed by atoms with E-state index in [-0.39, 0.29) is 5.56 Å². The third-order valence-electron chi connectivity index (χ3n) is 2.73. The number of ether oxygens (including phenoxy) is 1. The molecule has 0 fully saturated rings. The molecule has 0 aliphatic rings. The van der Waals surface area contributed by atoms with Crippen molar-refractivity contribution in [3.63, 3.8) is 0 Å². The number of anilines is 3. The number of hydrogen-bond donors (Lipinski definition) is 3. The maximum Gasteiger partial charge on any atom is 0.335 e. The average Bonchev–Trinajstić information content (AvgIpc) is 2.42. The van der Waals surface area contributed by atoms with Crippen molar-refractivity contribution < 1.29 is 14.6 Å². The SMILES string of the molecule is COc1cc(Nc2ccc(C(=O)O)cc2N)ccc1Cl. The van der Waals surface area contributed by atoms with Crippen molar-refractivity contribution in [2.24, 2.45) is 0 Å². The molecule has 2 aromatic rings. The van der Waals surface area contributed by atoms with Gasteiger partial charge in [-0.25, -0.2) is 4.79 Å². The number of methoxy groups -OCH3 is 1. The first kappa shape index (κ1) is 14.0. The van der Waals surface area contributed by atoms with Crippen molar-refractivity contribution in [1.82, 2.24) is 0 Å². The largest absolute Gasteiger partial charge is 0.495 e. The van der Waals surface area contributed by atoms with Gasteiger partial charge in [-0.05, 0) is 30.3 Å². The van der Waals surface area contributed by atoms with E-state index in [1.54, 1.807) is 24.3 Å². The number of halogens is 1. The van der Waals surface area contributed by atoms with Crippen LogP contribution in [0.2, 0.25) is 5.02 Å². The number of benzene rings is 2. The highest BCUT2D eigenvalue weighted by Gasteiger charge is 2.07. The van der Waals surface area contributed by atoms with Gasteiger partial charge in [-0.3, -0.25) is 0 Å². The third kappa shape index (κ3) is 2.95. The number of nitrogens with two attached hydrogens (primary N) is 1. The Morgan fingerprint density at radius 3 is 2.65 bits per heavy atom. The van der Waals surface area contributed by atoms with Crippen LogP contribution in [0, 0.1) is 0 Å². The minimum absolute atomic E-state index is 0.140. The van der Waals surface area contributed by atoms with Gasteiger partial charge in [-0.1, -0.05) is 11.6 Å². The molecule has 0 aliphatic carbocycles. The molecule has 0 amide bonds. The lowest BCUT2D eigenvalue weighted by atomic mass is 10.1. The molecule has 0 heterocycles. The van der Waals surface area contributed by atoms with E-state index >= 15 is 0 Å². The van der Waals surface area contributed by atoms with Gasteiger partial charge in [0.05, 0.1) is 29.1 Å². The number of aromatic carboxylic acids is 1. The van der Waals surface area contributed by atoms with E-state index in [0.717, 1.165) is 5.69 Å². The average molecular weight is 293 g/mol. The Hall–Kier alpha value is -2.40. The van der Waals surface area contributed by atoms with E-state index in [1.165, 1.54) is 19.2 Å². The Balaban J connectivity index is 2.28. The Morgan fingerprint density at radius 1 is 1.30 bits per heavy atom. The number of nitrogen functional groups attached to an aromatic ring is 1. The lowest BCUT2D eigenvalue weighted by Gasteiger charge is -2.11. The monoisotopic (exact) mass is 292 g/mol. The van der Waals surface area contributed by atoms with Gasteiger partial charge < -0.3 is 20.9 Å². The van der Waals surface area contributed by atoms with Crippen molar-refractivity contribution in [2.75, 3.05) is 18.2 Å². The molecule has 5 nitrogen and oxygen atoms in total. The van der Waals surface area contributed by atoms with Crippen molar-refractivity contribution in [3.05, 3.63) is 47.0 Å². The molecular weight excluding hydrogens is 280 g/mol. The van der Waals surface area contributed by atoms with E-state index in [4.69, 9.17) is 27.2 Å². The van der Waals surface area contributed by atoms with Gasteiger partial charge in [0, 0.05) is 11.8 Å². The van der Waals surface area contributed by atoms with Gasteiger partial charge in [-0.2, -0.15) is 0 Å². The van der Waals surface area contributed by atoms with Gasteiger partial charge in [0.2, 0.25) is 0 Å². The van der Waals surface area contributed by atoms with Gasteiger partial charge >= 0.3 is 5.97 Å². The quantitative estimate of drug-likeness (QED) is 0.752. The zero-order valence-electron chi connectivity index (χ0n) is 10.7. The molecular formula is C14H13ClN2O3. The number of hydrogen-bond acceptors (Lipinski definition) is 4. The molecule has 0 atom stereocenters. The predicted molar refractivity (Wildman–Crippen MR) is 79.1 cm³/mol. The summed E-state index contributed by atoms with van der Waals surface area (Å²) in [6, 6.07) is 9.69. The summed E-state index contributed by atoms with van der Waals surface area (Å²) in [4.78, 5) is 10.8. The summed E-state index contributed by atoms with van der Waals surface area (Å²) in [5, 5.41) is 12.5. The molecule has 0 radical (unpaired) electrons. The first-order valence-electron chi connectivity index (χ1n) is 5.74. The number of carboxylic acids is 1. The zero-order chi connectivity index (χ0) is 14.7. The zero-order valence-corrected chi connectivity index (χ0v) is 11.4. The predicted octanol–water partition coefficient (Wildman–Crippen LogP) is 3.37. The van der Waals surface area contributed by atoms with Crippen molar-refractivity contribution in [1.29, 1.82) is 0 Å². The van der Waals surface area contributed by atoms with E-state index in [0.29, 0.717) is 22.1 Å². The molecule has 0 aliphatic heterocycles. The van der Waals surface area contributed by atoms with Gasteiger partial charge in [0.15, 0.2) is 0 Å². The number of nitrogens with one attached hydrogen (secondary N) is 1. The Morgan fingerprint density at radius 2 is 2.05 bits per heavy atom. The van der Waals surface area contributed by atoms with Gasteiger partial charge in [0.25, 0.3) is 0 Å². The summed E-state index contributed by atoms with van der Waals surface area (Å²) < 4.78 is 5.12. The number of rotatable bonds is 4. The molecule has 0 spiro atoms. The first-order chi connectivity index (χ1) is 9.51. The van der Waals surface area contributed by atoms with Crippen LogP contribution in [0.1, 0.15) is 10.4 Å². The maximum atomic E-state index is 10.8. The fraction of sp³-hybridized carbons (Fsp3) is 0.0714. The molecule has 0 saturated heterocycles. The summed E-state index contributed by atoms with van der Waals surface area (Å²) >= 11 is 5.94. The van der Waals surface area contributed by atoms with Crippen LogP contribution >= 0.6 is 11.6 Å². The van der Waals surface area contributed by atoms with Gasteiger partial charge in [0.1, 0.15) is 5.75 Å². The molecule has 20 heavy (non-hydrogen) atoms. The molecule has 2 aromatic carbocycles. The fourth-order valence-electron chi connectivity index (χ4n) is 1.70. The van der Waals surface area contributed by atoms with Gasteiger partial charge in [-0.15, -0.1) is 0 Å². The van der Waals surface area contributed by atoms with E-state index in [9.17, 15) is 4.79 Å². The van der Waals surface area contributed by atoms with Crippen LogP contribution in [-0.4, -0.2) is 18.2 Å². The van der Waals surface area contributed by atoms with Crippen molar-refractivity contribution >= 4 is 34.6 Å². The smallest absolute Gasteiger partial charge is 0.335 e. The molecule has 2 rings (SSSR count). The van der Waals surface area contributed by atoms with Crippen LogP contribution in [0.25, 0.3) is 0 Å². The minimum Gasteiger partial charge on any atom is -0.495 e. The molecule has 0 aromatic heterocycles. The van der Waals surface area contributed by atoms with Crippen LogP contribution in [0.5, 0.6) is 5.75 Å². The van der Waals surface area contributed by atoms with Crippen molar-refractivity contribution in [2.45, 2.75) is 0 Å². The second-order valence-electron chi connectivity index (χ2n) is 4.08. The summed E-state index contributed by atoms with van der Waals surface area (Å²) in [5.41, 5.74) is 7.66. The highest BCUT2D eigenvalue weighted by atomic mass is 35.5. The van der Waals surface area contributed by atoms with Crippen LogP contribution in [-0.2, 0) is 0 Å². The Kier molecular flexibility index (Phi) is 4.00. The van der Waals surface area contributed by atoms with Crippen LogP contribution in [0.4, 0.5) is 17.1 Å². The Bertz CT molecular complexity index is 659. The van der Waals surface area contributed by atoms with Crippen LogP contribution in [0.3, 0.4) is 0 Å². The van der Waals surface area contributed by atoms with Crippen molar-refractivity contribution in [3.8, 4) is 5.75 Å². The summed E-state index contributed by atoms with van der Waals surface area (Å²) in [6.45, 7) is 0. The van der Waals surface area contributed by atoms with E-state index < -0.39 is 5.97 Å². The number of carboxylic acid groups (broad SMARTS) is 1. The number of carbonyl (C=O) groups is 1. The molecule has 104 valence electrons. The highest BCUT2D eigenvalue weighted by molar-refractivity contribution is 6.32. The topological polar surface area (TPSA) is 84.6 Å². The first-order valence-corrected chi connectivity index (χ1v) is 6.12. The molecule has 0 bridgehead atoms. The van der Waals surface area contributed by atoms with E-state index in [1.807, 2.05) is 0 Å². The normalized spacial score (nSPS) is 10.1. The molecule has 6 heteroatoms. The Labute approximate surface area is 120 Å². The second-order valence-corrected chi connectivity index (χ2v) is 4.49. The van der Waals surface area contributed by atoms with E-state index in [2.05, 4.69) is 5.32 Å². The maximum absolute atomic E-state index is 10.8. The summed E-state index contributed by atoms with van der Waals surface area (Å²) in [7, 11) is 1.53. The third-order valence-corrected chi connectivity index (χ3v) is 3.04. The minimum atomic E-state index is -1.02. The summed E-state index contributed by atoms with van der Waals surface area (Å²) in [5.74, 6) is -0.478. The van der Waals surface area contributed by atoms with Crippen LogP contribution in [0.15, 0.2) is 36.4 Å². The molecule has 0 saturated carbocycles. The lowest BCUT2D eigenvalue weighted by molar-refractivity contribution is 0.0697. The summed E-state index contributed by atoms with van der Waals surface area (Å²) in [6.07, 6.45) is 0. The highest BCUT2D eigenvalue weighted by Crippen LogP contribution is 2.30. The standard InChI is InChI=1S/C14H13ClN2O3/c1-20-13-7-9(3-4-10(13)15)17-12-5-2-8(14(18)19)6-11(12)16/h2-7,17H,16H2,1H3,(H,18,19).